The van der Waals surface area contributed by atoms with Crippen molar-refractivity contribution in [3.05, 3.63) is 36.4 Å². The number of amides is 1. The summed E-state index contributed by atoms with van der Waals surface area (Å²) in [4.78, 5) is 15.0. The Kier molecular flexibility index (Phi) is 8.07. The van der Waals surface area contributed by atoms with Crippen molar-refractivity contribution in [1.82, 2.24) is 14.6 Å². The minimum atomic E-state index is -3.71. The molecule has 12 nitrogen and oxygen atoms in total. The van der Waals surface area contributed by atoms with Gasteiger partial charge in [0.2, 0.25) is 15.9 Å². The summed E-state index contributed by atoms with van der Waals surface area (Å²) in [7, 11) is -2.18. The fourth-order valence-electron chi connectivity index (χ4n) is 4.83. The van der Waals surface area contributed by atoms with E-state index in [1.54, 1.807) is 18.2 Å². The number of aromatic nitrogens is 2. The maximum absolute atomic E-state index is 13.3. The zero-order chi connectivity index (χ0) is 26.5. The van der Waals surface area contributed by atoms with Crippen LogP contribution in [0, 0.1) is 0 Å². The van der Waals surface area contributed by atoms with Crippen molar-refractivity contribution in [1.29, 1.82) is 0 Å². The normalized spacial score (nSPS) is 19.0. The maximum Gasteiger partial charge on any atom is 0.250 e. The number of fused-ring (bicyclic) bond motifs is 1. The lowest BCUT2D eigenvalue weighted by Gasteiger charge is -2.34. The lowest BCUT2D eigenvalue weighted by atomic mass is 10.1. The molecule has 1 N–H and O–H groups in total. The third-order valence-corrected chi connectivity index (χ3v) is 8.77. The van der Waals surface area contributed by atoms with E-state index in [2.05, 4.69) is 20.5 Å². The summed E-state index contributed by atoms with van der Waals surface area (Å²) >= 11 is 0. The Morgan fingerprint density at radius 3 is 2.58 bits per heavy atom. The number of anilines is 2. The summed E-state index contributed by atoms with van der Waals surface area (Å²) in [5.41, 5.74) is 2.35. The molecule has 2 fully saturated rings. The number of hydrogen-bond donors (Lipinski definition) is 1. The number of rotatable bonds is 9. The summed E-state index contributed by atoms with van der Waals surface area (Å²) in [6.45, 7) is 3.00. The Balaban J connectivity index is 1.20. The minimum absolute atomic E-state index is 0.111. The van der Waals surface area contributed by atoms with Crippen LogP contribution in [0.1, 0.15) is 19.3 Å². The predicted molar refractivity (Wildman–Crippen MR) is 139 cm³/mol. The molecule has 0 aliphatic carbocycles. The van der Waals surface area contributed by atoms with Crippen molar-refractivity contribution >= 4 is 38.3 Å². The van der Waals surface area contributed by atoms with Crippen LogP contribution >= 0.6 is 0 Å². The standard InChI is InChI=1S/C25H31N5O7S/c1-34-19-5-7-20(8-6-19)38(32,33)30-11-3-2-4-18(30)16-36-17-23(31)26-21-9-10-22(25-24(21)27-37-28-25)29-12-14-35-15-13-29/h5-10,18H,2-4,11-17H2,1H3,(H,26,31). The number of nitrogens with one attached hydrogen (secondary N) is 1. The lowest BCUT2D eigenvalue weighted by Crippen LogP contribution is -2.46. The molecule has 0 bridgehead atoms. The Morgan fingerprint density at radius 1 is 1.05 bits per heavy atom. The highest BCUT2D eigenvalue weighted by molar-refractivity contribution is 7.89. The molecule has 2 saturated heterocycles. The molecule has 38 heavy (non-hydrogen) atoms. The van der Waals surface area contributed by atoms with Crippen LogP contribution in [0.2, 0.25) is 0 Å². The zero-order valence-corrected chi connectivity index (χ0v) is 22.0. The Hall–Kier alpha value is -3.26. The van der Waals surface area contributed by atoms with Crippen molar-refractivity contribution in [2.45, 2.75) is 30.2 Å². The topological polar surface area (TPSA) is 136 Å². The highest BCUT2D eigenvalue weighted by Gasteiger charge is 2.33. The van der Waals surface area contributed by atoms with Crippen LogP contribution in [0.3, 0.4) is 0 Å². The molecular weight excluding hydrogens is 514 g/mol. The number of ether oxygens (including phenoxy) is 3. The van der Waals surface area contributed by atoms with Crippen molar-refractivity contribution in [2.24, 2.45) is 0 Å². The third-order valence-electron chi connectivity index (χ3n) is 6.80. The van der Waals surface area contributed by atoms with Gasteiger partial charge >= 0.3 is 0 Å². The molecule has 1 aromatic heterocycles. The highest BCUT2D eigenvalue weighted by atomic mass is 32.2. The van der Waals surface area contributed by atoms with E-state index in [0.717, 1.165) is 31.6 Å². The van der Waals surface area contributed by atoms with Crippen LogP contribution in [-0.4, -0.2) is 88.2 Å². The van der Waals surface area contributed by atoms with Gasteiger partial charge in [0.05, 0.1) is 43.2 Å². The van der Waals surface area contributed by atoms with Crippen molar-refractivity contribution in [3.63, 3.8) is 0 Å². The zero-order valence-electron chi connectivity index (χ0n) is 21.2. The van der Waals surface area contributed by atoms with Crippen molar-refractivity contribution in [3.8, 4) is 5.75 Å². The average Bonchev–Trinajstić information content (AvgIpc) is 3.45. The molecule has 3 aromatic rings. The van der Waals surface area contributed by atoms with Crippen LogP contribution in [0.4, 0.5) is 11.4 Å². The number of carbonyl (C=O) groups is 1. The predicted octanol–water partition coefficient (Wildman–Crippen LogP) is 2.27. The fraction of sp³-hybridized carbons (Fsp3) is 0.480. The fourth-order valence-corrected chi connectivity index (χ4v) is 6.51. The van der Waals surface area contributed by atoms with Gasteiger partial charge in [0, 0.05) is 25.7 Å². The molecule has 1 unspecified atom stereocenters. The molecule has 204 valence electrons. The van der Waals surface area contributed by atoms with Crippen LogP contribution < -0.4 is 15.0 Å². The minimum Gasteiger partial charge on any atom is -0.497 e. The number of benzene rings is 2. The number of hydrogen-bond acceptors (Lipinski definition) is 10. The van der Waals surface area contributed by atoms with E-state index in [-0.39, 0.29) is 30.1 Å². The van der Waals surface area contributed by atoms with E-state index in [0.29, 0.717) is 48.6 Å². The van der Waals surface area contributed by atoms with Crippen LogP contribution in [0.25, 0.3) is 11.0 Å². The van der Waals surface area contributed by atoms with E-state index < -0.39 is 10.0 Å². The molecule has 2 aromatic carbocycles. The lowest BCUT2D eigenvalue weighted by molar-refractivity contribution is -0.121. The van der Waals surface area contributed by atoms with E-state index >= 15 is 0 Å². The quantitative estimate of drug-likeness (QED) is 0.426. The monoisotopic (exact) mass is 545 g/mol. The molecule has 1 amide bonds. The SMILES string of the molecule is COc1ccc(S(=O)(=O)N2CCCCC2COCC(=O)Nc2ccc(N3CCOCC3)c3nonc23)cc1. The van der Waals surface area contributed by atoms with E-state index in [1.807, 2.05) is 6.07 Å². The van der Waals surface area contributed by atoms with Gasteiger partial charge in [-0.05, 0) is 59.6 Å². The molecule has 3 heterocycles. The van der Waals surface area contributed by atoms with Crippen molar-refractivity contribution < 1.29 is 32.1 Å². The number of sulfonamides is 1. The Morgan fingerprint density at radius 2 is 1.82 bits per heavy atom. The summed E-state index contributed by atoms with van der Waals surface area (Å²) < 4.78 is 49.3. The van der Waals surface area contributed by atoms with Crippen LogP contribution in [0.15, 0.2) is 45.9 Å². The van der Waals surface area contributed by atoms with Gasteiger partial charge in [0.1, 0.15) is 12.4 Å². The first-order chi connectivity index (χ1) is 18.5. The van der Waals surface area contributed by atoms with Gasteiger partial charge in [0.25, 0.3) is 0 Å². The molecule has 0 saturated carbocycles. The van der Waals surface area contributed by atoms with Gasteiger partial charge in [-0.25, -0.2) is 13.0 Å². The summed E-state index contributed by atoms with van der Waals surface area (Å²) in [6, 6.07) is 9.61. The Bertz CT molecular complexity index is 1360. The molecule has 2 aliphatic heterocycles. The van der Waals surface area contributed by atoms with Crippen molar-refractivity contribution in [2.75, 3.05) is 63.4 Å². The summed E-state index contributed by atoms with van der Waals surface area (Å²) in [6.07, 6.45) is 2.32. The maximum atomic E-state index is 13.3. The second kappa shape index (κ2) is 11.6. The van der Waals surface area contributed by atoms with Gasteiger partial charge < -0.3 is 24.4 Å². The smallest absolute Gasteiger partial charge is 0.250 e. The van der Waals surface area contributed by atoms with Crippen LogP contribution in [0.5, 0.6) is 5.75 Å². The molecule has 0 spiro atoms. The number of carbonyl (C=O) groups excluding carboxylic acids is 1. The number of piperidine rings is 1. The summed E-state index contributed by atoms with van der Waals surface area (Å²) in [5.74, 6) is 0.205. The van der Waals surface area contributed by atoms with E-state index in [1.165, 1.54) is 23.5 Å². The Labute approximate surface area is 220 Å². The number of nitrogens with zero attached hydrogens (tertiary/aromatic N) is 4. The first-order valence-electron chi connectivity index (χ1n) is 12.6. The van der Waals surface area contributed by atoms with E-state index in [4.69, 9.17) is 18.8 Å². The van der Waals surface area contributed by atoms with Gasteiger partial charge in [-0.1, -0.05) is 6.42 Å². The number of methoxy groups -OCH3 is 1. The largest absolute Gasteiger partial charge is 0.497 e. The van der Waals surface area contributed by atoms with Gasteiger partial charge in [-0.15, -0.1) is 0 Å². The first kappa shape index (κ1) is 26.4. The molecule has 13 heteroatoms. The van der Waals surface area contributed by atoms with Gasteiger partial charge in [-0.3, -0.25) is 4.79 Å². The van der Waals surface area contributed by atoms with Crippen LogP contribution in [-0.2, 0) is 24.3 Å². The average molecular weight is 546 g/mol. The van der Waals surface area contributed by atoms with Gasteiger partial charge in [-0.2, -0.15) is 4.31 Å². The highest BCUT2D eigenvalue weighted by Crippen LogP contribution is 2.31. The number of morpholine rings is 1. The molecule has 0 radical (unpaired) electrons. The molecular formula is C25H31N5O7S. The summed E-state index contributed by atoms with van der Waals surface area (Å²) in [5, 5.41) is 10.8. The second-order valence-corrected chi connectivity index (χ2v) is 11.1. The molecule has 2 aliphatic rings. The molecule has 5 rings (SSSR count). The second-order valence-electron chi connectivity index (χ2n) is 9.20. The van der Waals surface area contributed by atoms with Gasteiger partial charge in [0.15, 0.2) is 11.0 Å². The molecule has 1 atom stereocenters. The van der Waals surface area contributed by atoms with E-state index in [9.17, 15) is 13.2 Å². The third kappa shape index (κ3) is 5.60. The first-order valence-corrected chi connectivity index (χ1v) is 14.0.